The van der Waals surface area contributed by atoms with Crippen molar-refractivity contribution in [3.05, 3.63) is 53.6 Å². The minimum Gasteiger partial charge on any atom is -0.444 e. The van der Waals surface area contributed by atoms with Gasteiger partial charge in [-0.3, -0.25) is 20.1 Å². The Kier molecular flexibility index (Phi) is 5.60. The number of nitriles is 1. The lowest BCUT2D eigenvalue weighted by molar-refractivity contribution is 0.0635. The van der Waals surface area contributed by atoms with E-state index < -0.39 is 17.1 Å². The lowest BCUT2D eigenvalue weighted by Gasteiger charge is -2.22. The Morgan fingerprint density at radius 2 is 1.81 bits per heavy atom. The number of ketones is 1. The van der Waals surface area contributed by atoms with Crippen molar-refractivity contribution in [2.45, 2.75) is 45.6 Å². The van der Waals surface area contributed by atoms with Gasteiger partial charge >= 0.3 is 6.09 Å². The molecule has 1 N–H and O–H groups in total. The zero-order chi connectivity index (χ0) is 20.2. The molecule has 0 aliphatic rings. The van der Waals surface area contributed by atoms with Crippen molar-refractivity contribution in [2.75, 3.05) is 5.32 Å². The van der Waals surface area contributed by atoms with Crippen LogP contribution in [0.25, 0.3) is 0 Å². The van der Waals surface area contributed by atoms with Gasteiger partial charge in [-0.15, -0.1) is 0 Å². The first kappa shape index (κ1) is 20.0. The minimum absolute atomic E-state index is 0.235. The van der Waals surface area contributed by atoms with Gasteiger partial charge in [-0.2, -0.15) is 5.26 Å². The van der Waals surface area contributed by atoms with E-state index in [2.05, 4.69) is 15.3 Å². The third kappa shape index (κ3) is 5.11. The normalized spacial score (nSPS) is 11.4. The smallest absolute Gasteiger partial charge is 0.412 e. The SMILES string of the molecule is CC(C)(C)OC(=O)Nc1ccc(C(=O)C(C)(C)c2cc(C#N)ccn2)nc1. The van der Waals surface area contributed by atoms with E-state index in [0.717, 1.165) is 0 Å². The molecule has 0 fully saturated rings. The maximum absolute atomic E-state index is 12.9. The highest BCUT2D eigenvalue weighted by molar-refractivity contribution is 6.02. The summed E-state index contributed by atoms with van der Waals surface area (Å²) >= 11 is 0. The molecule has 0 atom stereocenters. The molecule has 7 nitrogen and oxygen atoms in total. The van der Waals surface area contributed by atoms with Crippen LogP contribution in [0.15, 0.2) is 36.7 Å². The second-order valence-electron chi connectivity index (χ2n) is 7.55. The number of carbonyl (C=O) groups excluding carboxylic acids is 2. The number of hydrogen-bond acceptors (Lipinski definition) is 6. The van der Waals surface area contributed by atoms with Gasteiger partial charge in [0.25, 0.3) is 0 Å². The predicted octanol–water partition coefficient (Wildman–Crippen LogP) is 3.86. The average molecular weight is 366 g/mol. The van der Waals surface area contributed by atoms with Gasteiger partial charge in [-0.25, -0.2) is 4.79 Å². The van der Waals surface area contributed by atoms with Crippen LogP contribution in [0, 0.1) is 11.3 Å². The Hall–Kier alpha value is -3.27. The Bertz CT molecular complexity index is 891. The van der Waals surface area contributed by atoms with Crippen LogP contribution in [-0.4, -0.2) is 27.4 Å². The van der Waals surface area contributed by atoms with Crippen LogP contribution in [0.4, 0.5) is 10.5 Å². The molecule has 2 heterocycles. The van der Waals surface area contributed by atoms with Crippen LogP contribution in [0.1, 0.15) is 56.4 Å². The summed E-state index contributed by atoms with van der Waals surface area (Å²) < 4.78 is 5.17. The van der Waals surface area contributed by atoms with E-state index in [4.69, 9.17) is 10.00 Å². The Morgan fingerprint density at radius 3 is 2.37 bits per heavy atom. The first-order valence-corrected chi connectivity index (χ1v) is 8.40. The molecule has 1 amide bonds. The molecule has 2 rings (SSSR count). The number of anilines is 1. The van der Waals surface area contributed by atoms with E-state index in [0.29, 0.717) is 16.9 Å². The summed E-state index contributed by atoms with van der Waals surface area (Å²) in [5.41, 5.74) is 0.0136. The number of aromatic nitrogens is 2. The van der Waals surface area contributed by atoms with Crippen molar-refractivity contribution < 1.29 is 14.3 Å². The number of carbonyl (C=O) groups is 2. The maximum atomic E-state index is 12.9. The molecule has 7 heteroatoms. The van der Waals surface area contributed by atoms with Crippen LogP contribution < -0.4 is 5.32 Å². The number of rotatable bonds is 4. The molecule has 2 aromatic heterocycles. The molecule has 0 saturated carbocycles. The minimum atomic E-state index is -0.958. The molecule has 140 valence electrons. The second-order valence-corrected chi connectivity index (χ2v) is 7.55. The zero-order valence-corrected chi connectivity index (χ0v) is 16.0. The summed E-state index contributed by atoms with van der Waals surface area (Å²) in [6, 6.07) is 8.33. The van der Waals surface area contributed by atoms with E-state index in [1.54, 1.807) is 52.8 Å². The first-order valence-electron chi connectivity index (χ1n) is 8.40. The largest absolute Gasteiger partial charge is 0.444 e. The molecular formula is C20H22N4O3. The van der Waals surface area contributed by atoms with Gasteiger partial charge in [0.1, 0.15) is 11.3 Å². The van der Waals surface area contributed by atoms with Crippen molar-refractivity contribution in [3.8, 4) is 6.07 Å². The lowest BCUT2D eigenvalue weighted by Crippen LogP contribution is -2.31. The number of hydrogen-bond donors (Lipinski definition) is 1. The highest BCUT2D eigenvalue weighted by atomic mass is 16.6. The molecule has 0 radical (unpaired) electrons. The topological polar surface area (TPSA) is 105 Å². The molecule has 0 unspecified atom stereocenters. The van der Waals surface area contributed by atoms with E-state index in [9.17, 15) is 9.59 Å². The van der Waals surface area contributed by atoms with Gasteiger partial charge in [-0.05, 0) is 58.9 Å². The zero-order valence-electron chi connectivity index (χ0n) is 16.0. The first-order chi connectivity index (χ1) is 12.5. The summed E-state index contributed by atoms with van der Waals surface area (Å²) in [4.78, 5) is 33.1. The van der Waals surface area contributed by atoms with Crippen molar-refractivity contribution in [1.29, 1.82) is 5.26 Å². The number of pyridine rings is 2. The number of nitrogens with zero attached hydrogens (tertiary/aromatic N) is 3. The second kappa shape index (κ2) is 7.54. The summed E-state index contributed by atoms with van der Waals surface area (Å²) in [5.74, 6) is -0.242. The van der Waals surface area contributed by atoms with Crippen molar-refractivity contribution >= 4 is 17.6 Å². The van der Waals surface area contributed by atoms with Crippen LogP contribution >= 0.6 is 0 Å². The number of ether oxygens (including phenoxy) is 1. The van der Waals surface area contributed by atoms with E-state index in [1.165, 1.54) is 18.5 Å². The summed E-state index contributed by atoms with van der Waals surface area (Å²) in [6.45, 7) is 8.76. The summed E-state index contributed by atoms with van der Waals surface area (Å²) in [6.07, 6.45) is 2.30. The summed E-state index contributed by atoms with van der Waals surface area (Å²) in [7, 11) is 0. The monoisotopic (exact) mass is 366 g/mol. The van der Waals surface area contributed by atoms with Crippen LogP contribution in [0.3, 0.4) is 0 Å². The molecule has 2 aromatic rings. The van der Waals surface area contributed by atoms with Gasteiger partial charge in [0.05, 0.1) is 34.6 Å². The average Bonchev–Trinajstić information content (AvgIpc) is 2.60. The van der Waals surface area contributed by atoms with E-state index in [1.807, 2.05) is 6.07 Å². The molecule has 0 aliphatic carbocycles. The molecule has 0 aromatic carbocycles. The maximum Gasteiger partial charge on any atom is 0.412 e. The molecule has 0 saturated heterocycles. The molecule has 0 aliphatic heterocycles. The van der Waals surface area contributed by atoms with Crippen LogP contribution in [0.5, 0.6) is 0 Å². The molecule has 0 bridgehead atoms. The quantitative estimate of drug-likeness (QED) is 0.824. The fraction of sp³-hybridized carbons (Fsp3) is 0.350. The molecular weight excluding hydrogens is 344 g/mol. The standard InChI is InChI=1S/C20H22N4O3/c1-19(2,3)27-18(26)24-14-6-7-15(23-12-14)17(25)20(4,5)16-10-13(11-21)8-9-22-16/h6-10,12H,1-5H3,(H,24,26). The predicted molar refractivity (Wildman–Crippen MR) is 100 cm³/mol. The van der Waals surface area contributed by atoms with Crippen molar-refractivity contribution in [2.24, 2.45) is 0 Å². The number of amides is 1. The van der Waals surface area contributed by atoms with Gasteiger partial charge in [0.15, 0.2) is 5.78 Å². The van der Waals surface area contributed by atoms with Gasteiger partial charge in [0.2, 0.25) is 0 Å². The Labute approximate surface area is 158 Å². The van der Waals surface area contributed by atoms with Gasteiger partial charge < -0.3 is 4.74 Å². The lowest BCUT2D eigenvalue weighted by atomic mass is 9.82. The van der Waals surface area contributed by atoms with Crippen LogP contribution in [-0.2, 0) is 10.2 Å². The molecule has 0 spiro atoms. The van der Waals surface area contributed by atoms with Crippen LogP contribution in [0.2, 0.25) is 0 Å². The van der Waals surface area contributed by atoms with Crippen molar-refractivity contribution in [1.82, 2.24) is 9.97 Å². The Morgan fingerprint density at radius 1 is 1.11 bits per heavy atom. The Balaban J connectivity index is 2.17. The van der Waals surface area contributed by atoms with Gasteiger partial charge in [0, 0.05) is 6.20 Å². The van der Waals surface area contributed by atoms with E-state index in [-0.39, 0.29) is 11.5 Å². The summed E-state index contributed by atoms with van der Waals surface area (Å²) in [5, 5.41) is 11.6. The van der Waals surface area contributed by atoms with Gasteiger partial charge in [-0.1, -0.05) is 0 Å². The third-order valence-corrected chi connectivity index (χ3v) is 3.74. The number of nitrogens with one attached hydrogen (secondary N) is 1. The molecule has 27 heavy (non-hydrogen) atoms. The fourth-order valence-electron chi connectivity index (χ4n) is 2.30. The third-order valence-electron chi connectivity index (χ3n) is 3.74. The fourth-order valence-corrected chi connectivity index (χ4v) is 2.30. The highest BCUT2D eigenvalue weighted by Gasteiger charge is 2.33. The van der Waals surface area contributed by atoms with E-state index >= 15 is 0 Å². The highest BCUT2D eigenvalue weighted by Crippen LogP contribution is 2.26. The van der Waals surface area contributed by atoms with Crippen molar-refractivity contribution in [3.63, 3.8) is 0 Å². The number of Topliss-reactive ketones (excluding diaryl/α,β-unsaturated/α-hetero) is 1.